The number of halogens is 1. The summed E-state index contributed by atoms with van der Waals surface area (Å²) in [5, 5.41) is 14.5. The van der Waals surface area contributed by atoms with Crippen LogP contribution in [0.1, 0.15) is 21.8 Å². The third kappa shape index (κ3) is 4.83. The van der Waals surface area contributed by atoms with Gasteiger partial charge in [-0.05, 0) is 29.8 Å². The molecule has 122 valence electrons. The van der Waals surface area contributed by atoms with Crippen molar-refractivity contribution in [2.75, 3.05) is 13.1 Å². The molecule has 0 aliphatic heterocycles. The topological polar surface area (TPSA) is 82.0 Å². The Morgan fingerprint density at radius 1 is 1.04 bits per heavy atom. The van der Waals surface area contributed by atoms with Gasteiger partial charge in [-0.2, -0.15) is 5.26 Å². The van der Waals surface area contributed by atoms with Crippen LogP contribution in [0.3, 0.4) is 0 Å². The number of carbonyl (C=O) groups is 2. The van der Waals surface area contributed by atoms with E-state index in [2.05, 4.69) is 10.6 Å². The Kier molecular flexibility index (Phi) is 6.35. The maximum Gasteiger partial charge on any atom is 0.251 e. The lowest BCUT2D eigenvalue weighted by Crippen LogP contribution is -2.37. The predicted octanol–water partition coefficient (Wildman–Crippen LogP) is 2.49. The fraction of sp³-hybridized carbons (Fsp3) is 0.167. The van der Waals surface area contributed by atoms with Crippen molar-refractivity contribution in [1.82, 2.24) is 10.6 Å². The molecule has 5 nitrogen and oxygen atoms in total. The molecule has 0 aliphatic rings. The molecule has 24 heavy (non-hydrogen) atoms. The maximum absolute atomic E-state index is 12.3. The van der Waals surface area contributed by atoms with Gasteiger partial charge in [-0.3, -0.25) is 9.59 Å². The first kappa shape index (κ1) is 17.5. The van der Waals surface area contributed by atoms with Gasteiger partial charge < -0.3 is 10.6 Å². The van der Waals surface area contributed by atoms with E-state index in [0.29, 0.717) is 16.1 Å². The summed E-state index contributed by atoms with van der Waals surface area (Å²) in [7, 11) is 0. The average Bonchev–Trinajstić information content (AvgIpc) is 2.62. The summed E-state index contributed by atoms with van der Waals surface area (Å²) < 4.78 is 0. The van der Waals surface area contributed by atoms with Crippen LogP contribution in [-0.4, -0.2) is 24.9 Å². The van der Waals surface area contributed by atoms with Gasteiger partial charge in [0.05, 0.1) is 12.0 Å². The van der Waals surface area contributed by atoms with E-state index in [1.54, 1.807) is 48.5 Å². The molecule has 2 rings (SSSR count). The smallest absolute Gasteiger partial charge is 0.251 e. The van der Waals surface area contributed by atoms with E-state index in [0.717, 1.165) is 0 Å². The zero-order valence-electron chi connectivity index (χ0n) is 12.8. The zero-order valence-corrected chi connectivity index (χ0v) is 13.6. The highest BCUT2D eigenvalue weighted by molar-refractivity contribution is 6.30. The molecule has 0 bridgehead atoms. The molecule has 0 saturated carbocycles. The number of hydrogen-bond donors (Lipinski definition) is 2. The third-order valence-electron chi connectivity index (χ3n) is 3.43. The summed E-state index contributed by atoms with van der Waals surface area (Å²) in [6.45, 7) is 0.0299. The Balaban J connectivity index is 2.11. The van der Waals surface area contributed by atoms with Gasteiger partial charge in [0.25, 0.3) is 5.91 Å². The predicted molar refractivity (Wildman–Crippen MR) is 91.6 cm³/mol. The molecule has 0 heterocycles. The molecule has 1 unspecified atom stereocenters. The minimum absolute atomic E-state index is 0.0877. The van der Waals surface area contributed by atoms with Crippen LogP contribution in [-0.2, 0) is 4.79 Å². The normalized spacial score (nSPS) is 11.2. The van der Waals surface area contributed by atoms with Crippen molar-refractivity contribution in [3.63, 3.8) is 0 Å². The molecule has 0 spiro atoms. The van der Waals surface area contributed by atoms with Gasteiger partial charge in [0, 0.05) is 17.1 Å². The molecule has 0 aromatic heterocycles. The van der Waals surface area contributed by atoms with Crippen molar-refractivity contribution in [3.8, 4) is 6.07 Å². The van der Waals surface area contributed by atoms with Crippen LogP contribution in [0.15, 0.2) is 54.6 Å². The van der Waals surface area contributed by atoms with Gasteiger partial charge in [-0.1, -0.05) is 41.9 Å². The fourth-order valence-electron chi connectivity index (χ4n) is 2.19. The Hall–Kier alpha value is -2.84. The highest BCUT2D eigenvalue weighted by atomic mass is 35.5. The number of nitrogens with zero attached hydrogens (tertiary/aromatic N) is 1. The first-order valence-corrected chi connectivity index (χ1v) is 7.73. The van der Waals surface area contributed by atoms with E-state index in [1.807, 2.05) is 12.1 Å². The Morgan fingerprint density at radius 3 is 2.33 bits per heavy atom. The molecule has 0 radical (unpaired) electrons. The van der Waals surface area contributed by atoms with Crippen molar-refractivity contribution in [1.29, 1.82) is 5.26 Å². The zero-order chi connectivity index (χ0) is 17.4. The van der Waals surface area contributed by atoms with Crippen molar-refractivity contribution < 1.29 is 9.59 Å². The van der Waals surface area contributed by atoms with E-state index >= 15 is 0 Å². The molecule has 0 fully saturated rings. The quantitative estimate of drug-likeness (QED) is 0.792. The monoisotopic (exact) mass is 341 g/mol. The van der Waals surface area contributed by atoms with Gasteiger partial charge in [0.15, 0.2) is 0 Å². The fourth-order valence-corrected chi connectivity index (χ4v) is 2.32. The third-order valence-corrected chi connectivity index (χ3v) is 3.69. The molecule has 0 saturated heterocycles. The molecule has 2 aromatic carbocycles. The molecule has 2 N–H and O–H groups in total. The van der Waals surface area contributed by atoms with Crippen LogP contribution < -0.4 is 10.6 Å². The van der Waals surface area contributed by atoms with Gasteiger partial charge in [0.1, 0.15) is 6.54 Å². The minimum Gasteiger partial charge on any atom is -0.351 e. The van der Waals surface area contributed by atoms with Crippen LogP contribution in [0, 0.1) is 11.3 Å². The largest absolute Gasteiger partial charge is 0.351 e. The summed E-state index contributed by atoms with van der Waals surface area (Å²) in [4.78, 5) is 24.4. The standard InChI is InChI=1S/C18H16ClN3O2/c19-15-8-6-13(7-9-15)16(18(24)21-11-10-20)12-22-17(23)14-4-2-1-3-5-14/h1-9,16H,11-12H2,(H,21,24)(H,22,23). The lowest BCUT2D eigenvalue weighted by molar-refractivity contribution is -0.122. The summed E-state index contributed by atoms with van der Waals surface area (Å²) in [6, 6.07) is 17.4. The van der Waals surface area contributed by atoms with Crippen LogP contribution in [0.4, 0.5) is 0 Å². The summed E-state index contributed by atoms with van der Waals surface area (Å²) in [6.07, 6.45) is 0. The Bertz CT molecular complexity index is 739. The average molecular weight is 342 g/mol. The van der Waals surface area contributed by atoms with Crippen molar-refractivity contribution in [2.24, 2.45) is 0 Å². The number of nitrogens with one attached hydrogen (secondary N) is 2. The Labute approximate surface area is 145 Å². The van der Waals surface area contributed by atoms with Gasteiger partial charge in [0.2, 0.25) is 5.91 Å². The van der Waals surface area contributed by atoms with Crippen molar-refractivity contribution in [3.05, 3.63) is 70.7 Å². The second kappa shape index (κ2) is 8.70. The van der Waals surface area contributed by atoms with Crippen molar-refractivity contribution in [2.45, 2.75) is 5.92 Å². The van der Waals surface area contributed by atoms with E-state index in [-0.39, 0.29) is 24.9 Å². The maximum atomic E-state index is 12.3. The highest BCUT2D eigenvalue weighted by Gasteiger charge is 2.21. The van der Waals surface area contributed by atoms with Crippen LogP contribution in [0.25, 0.3) is 0 Å². The van der Waals surface area contributed by atoms with E-state index in [1.165, 1.54) is 0 Å². The summed E-state index contributed by atoms with van der Waals surface area (Å²) >= 11 is 5.87. The van der Waals surface area contributed by atoms with Crippen LogP contribution in [0.2, 0.25) is 5.02 Å². The second-order valence-corrected chi connectivity index (χ2v) is 5.49. The van der Waals surface area contributed by atoms with Gasteiger partial charge in [-0.15, -0.1) is 0 Å². The second-order valence-electron chi connectivity index (χ2n) is 5.06. The molecule has 0 aliphatic carbocycles. The van der Waals surface area contributed by atoms with E-state index in [4.69, 9.17) is 16.9 Å². The first-order chi connectivity index (χ1) is 11.6. The number of nitriles is 1. The summed E-state index contributed by atoms with van der Waals surface area (Å²) in [5.74, 6) is -1.20. The number of rotatable bonds is 6. The molecule has 1 atom stereocenters. The van der Waals surface area contributed by atoms with Crippen LogP contribution in [0.5, 0.6) is 0 Å². The molecule has 2 aromatic rings. The molecular weight excluding hydrogens is 326 g/mol. The SMILES string of the molecule is N#CCNC(=O)C(CNC(=O)c1ccccc1)c1ccc(Cl)cc1. The van der Waals surface area contributed by atoms with E-state index < -0.39 is 5.92 Å². The lowest BCUT2D eigenvalue weighted by Gasteiger charge is -2.17. The van der Waals surface area contributed by atoms with Crippen molar-refractivity contribution >= 4 is 23.4 Å². The number of amides is 2. The van der Waals surface area contributed by atoms with Gasteiger partial charge >= 0.3 is 0 Å². The Morgan fingerprint density at radius 2 is 1.71 bits per heavy atom. The number of hydrogen-bond acceptors (Lipinski definition) is 3. The van der Waals surface area contributed by atoms with Gasteiger partial charge in [-0.25, -0.2) is 0 Å². The summed E-state index contributed by atoms with van der Waals surface area (Å²) in [5.41, 5.74) is 1.23. The van der Waals surface area contributed by atoms with Crippen LogP contribution >= 0.6 is 11.6 Å². The van der Waals surface area contributed by atoms with E-state index in [9.17, 15) is 9.59 Å². The molecular formula is C18H16ClN3O2. The lowest BCUT2D eigenvalue weighted by atomic mass is 9.98. The first-order valence-electron chi connectivity index (χ1n) is 7.35. The number of benzene rings is 2. The molecule has 2 amide bonds. The highest BCUT2D eigenvalue weighted by Crippen LogP contribution is 2.18. The number of carbonyl (C=O) groups excluding carboxylic acids is 2. The molecule has 6 heteroatoms. The minimum atomic E-state index is -0.608.